The number of ether oxygens (including phenoxy) is 1. The van der Waals surface area contributed by atoms with Crippen molar-refractivity contribution in [2.75, 3.05) is 0 Å². The molecule has 0 aliphatic heterocycles. The van der Waals surface area contributed by atoms with Gasteiger partial charge in [0, 0.05) is 6.92 Å². The van der Waals surface area contributed by atoms with Crippen molar-refractivity contribution in [1.29, 1.82) is 0 Å². The summed E-state index contributed by atoms with van der Waals surface area (Å²) >= 11 is 0. The summed E-state index contributed by atoms with van der Waals surface area (Å²) in [5, 5.41) is 0. The molecule has 2 nitrogen and oxygen atoms in total. The molecule has 0 saturated heterocycles. The predicted molar refractivity (Wildman–Crippen MR) is 105 cm³/mol. The van der Waals surface area contributed by atoms with E-state index in [9.17, 15) is 4.79 Å². The first-order chi connectivity index (χ1) is 11.2. The fraction of sp³-hybridized carbons (Fsp3) is 0.591. The highest BCUT2D eigenvalue weighted by atomic mass is 16.6. The van der Waals surface area contributed by atoms with Gasteiger partial charge in [0.15, 0.2) is 0 Å². The Morgan fingerprint density at radius 2 is 1.42 bits per heavy atom. The first kappa shape index (κ1) is 22.4. The number of esters is 1. The summed E-state index contributed by atoms with van der Waals surface area (Å²) in [5.41, 5.74) is 3.68. The molecule has 0 N–H and O–H groups in total. The lowest BCUT2D eigenvalue weighted by atomic mass is 9.98. The third-order valence-electron chi connectivity index (χ3n) is 4.06. The van der Waals surface area contributed by atoms with E-state index in [-0.39, 0.29) is 5.97 Å². The molecule has 0 aliphatic carbocycles. The topological polar surface area (TPSA) is 26.3 Å². The second-order valence-electron chi connectivity index (χ2n) is 7.11. The van der Waals surface area contributed by atoms with E-state index in [1.165, 1.54) is 23.6 Å². The minimum atomic E-state index is -0.565. The quantitative estimate of drug-likeness (QED) is 0.311. The highest BCUT2D eigenvalue weighted by molar-refractivity contribution is 5.66. The third kappa shape index (κ3) is 11.9. The third-order valence-corrected chi connectivity index (χ3v) is 4.06. The molecule has 0 aromatic rings. The highest BCUT2D eigenvalue weighted by Crippen LogP contribution is 2.21. The molecule has 0 aliphatic rings. The van der Waals surface area contributed by atoms with E-state index in [0.29, 0.717) is 0 Å². The van der Waals surface area contributed by atoms with Crippen molar-refractivity contribution in [3.05, 3.63) is 47.6 Å². The first-order valence-electron chi connectivity index (χ1n) is 8.96. The lowest BCUT2D eigenvalue weighted by Crippen LogP contribution is -2.27. The van der Waals surface area contributed by atoms with Crippen LogP contribution in [-0.2, 0) is 9.53 Å². The molecular formula is C22H36O2. The van der Waals surface area contributed by atoms with Crippen molar-refractivity contribution in [3.8, 4) is 0 Å². The zero-order chi connectivity index (χ0) is 18.6. The Balaban J connectivity index is 4.21. The van der Waals surface area contributed by atoms with E-state index >= 15 is 0 Å². The van der Waals surface area contributed by atoms with Crippen LogP contribution >= 0.6 is 0 Å². The van der Waals surface area contributed by atoms with Crippen molar-refractivity contribution < 1.29 is 9.53 Å². The van der Waals surface area contributed by atoms with Crippen LogP contribution in [0.4, 0.5) is 0 Å². The maximum Gasteiger partial charge on any atom is 0.303 e. The number of carbonyl (C=O) groups is 1. The van der Waals surface area contributed by atoms with E-state index in [0.717, 1.165) is 38.5 Å². The molecular weight excluding hydrogens is 296 g/mol. The molecule has 0 aromatic carbocycles. The summed E-state index contributed by atoms with van der Waals surface area (Å²) in [4.78, 5) is 11.1. The minimum absolute atomic E-state index is 0.258. The molecule has 0 saturated carbocycles. The number of hydrogen-bond donors (Lipinski definition) is 0. The van der Waals surface area contributed by atoms with Crippen LogP contribution in [0.5, 0.6) is 0 Å². The molecule has 24 heavy (non-hydrogen) atoms. The summed E-state index contributed by atoms with van der Waals surface area (Å²) in [5.74, 6) is -0.258. The number of hydrogen-bond acceptors (Lipinski definition) is 2. The molecule has 0 spiro atoms. The maximum atomic E-state index is 11.1. The van der Waals surface area contributed by atoms with Crippen molar-refractivity contribution in [1.82, 2.24) is 0 Å². The monoisotopic (exact) mass is 332 g/mol. The standard InChI is InChI=1S/C22H36O2/c1-8-22(7,24-21(6)23)17-11-16-20(5)15-10-14-19(4)13-9-12-18(2)3/h8,12,14,16H,1,9-11,13,15,17H2,2-7H3. The number of carbonyl (C=O) groups excluding carboxylic acids is 1. The number of rotatable bonds is 11. The van der Waals surface area contributed by atoms with Gasteiger partial charge in [-0.2, -0.15) is 0 Å². The Hall–Kier alpha value is -1.57. The summed E-state index contributed by atoms with van der Waals surface area (Å²) in [7, 11) is 0. The van der Waals surface area contributed by atoms with Gasteiger partial charge in [-0.05, 0) is 79.2 Å². The van der Waals surface area contributed by atoms with Gasteiger partial charge in [-0.3, -0.25) is 4.79 Å². The van der Waals surface area contributed by atoms with Gasteiger partial charge in [-0.15, -0.1) is 0 Å². The van der Waals surface area contributed by atoms with E-state index in [1.807, 2.05) is 6.92 Å². The lowest BCUT2D eigenvalue weighted by Gasteiger charge is -2.24. The molecule has 0 radical (unpaired) electrons. The van der Waals surface area contributed by atoms with Crippen molar-refractivity contribution >= 4 is 5.97 Å². The molecule has 1 unspecified atom stereocenters. The Morgan fingerprint density at radius 1 is 0.917 bits per heavy atom. The lowest BCUT2D eigenvalue weighted by molar-refractivity contribution is -0.151. The van der Waals surface area contributed by atoms with Gasteiger partial charge >= 0.3 is 5.97 Å². The van der Waals surface area contributed by atoms with Crippen molar-refractivity contribution in [2.24, 2.45) is 0 Å². The molecule has 0 heterocycles. The largest absolute Gasteiger partial charge is 0.455 e. The van der Waals surface area contributed by atoms with Gasteiger partial charge in [-0.1, -0.05) is 41.5 Å². The maximum absolute atomic E-state index is 11.1. The minimum Gasteiger partial charge on any atom is -0.455 e. The van der Waals surface area contributed by atoms with Crippen LogP contribution in [-0.4, -0.2) is 11.6 Å². The van der Waals surface area contributed by atoms with E-state index in [4.69, 9.17) is 4.74 Å². The average molecular weight is 333 g/mol. The van der Waals surface area contributed by atoms with Crippen LogP contribution < -0.4 is 0 Å². The fourth-order valence-corrected chi connectivity index (χ4v) is 2.47. The summed E-state index contributed by atoms with van der Waals surface area (Å²) < 4.78 is 5.34. The Labute approximate surface area is 149 Å². The SMILES string of the molecule is C=CC(C)(CCC=C(C)CCC=C(C)CCC=C(C)C)OC(C)=O. The van der Waals surface area contributed by atoms with Gasteiger partial charge in [0.05, 0.1) is 0 Å². The number of allylic oxidation sites excluding steroid dienone is 6. The predicted octanol–water partition coefficient (Wildman–Crippen LogP) is 6.69. The average Bonchev–Trinajstić information content (AvgIpc) is 2.46. The van der Waals surface area contributed by atoms with Crippen LogP contribution in [0.3, 0.4) is 0 Å². The van der Waals surface area contributed by atoms with E-state index < -0.39 is 5.60 Å². The Bertz CT molecular complexity index is 490. The zero-order valence-corrected chi connectivity index (χ0v) is 16.6. The molecule has 2 heteroatoms. The second kappa shape index (κ2) is 11.9. The van der Waals surface area contributed by atoms with Gasteiger partial charge in [0.25, 0.3) is 0 Å². The smallest absolute Gasteiger partial charge is 0.303 e. The molecule has 0 fully saturated rings. The van der Waals surface area contributed by atoms with Gasteiger partial charge in [0.2, 0.25) is 0 Å². The summed E-state index contributed by atoms with van der Waals surface area (Å²) in [6.07, 6.45) is 14.7. The molecule has 1 atom stereocenters. The molecule has 0 bridgehead atoms. The van der Waals surface area contributed by atoms with Crippen molar-refractivity contribution in [3.63, 3.8) is 0 Å². The molecule has 136 valence electrons. The normalized spacial score (nSPS) is 14.8. The summed E-state index contributed by atoms with van der Waals surface area (Å²) in [6.45, 7) is 15.8. The zero-order valence-electron chi connectivity index (χ0n) is 16.6. The highest BCUT2D eigenvalue weighted by Gasteiger charge is 2.22. The van der Waals surface area contributed by atoms with Crippen LogP contribution in [0.2, 0.25) is 0 Å². The van der Waals surface area contributed by atoms with Crippen LogP contribution in [0, 0.1) is 0 Å². The first-order valence-corrected chi connectivity index (χ1v) is 8.96. The second-order valence-corrected chi connectivity index (χ2v) is 7.11. The molecule has 0 rings (SSSR count). The molecule has 0 aromatic heterocycles. The van der Waals surface area contributed by atoms with Gasteiger partial charge in [0.1, 0.15) is 5.60 Å². The van der Waals surface area contributed by atoms with Gasteiger partial charge < -0.3 is 4.74 Å². The van der Waals surface area contributed by atoms with Crippen LogP contribution in [0.1, 0.15) is 80.1 Å². The van der Waals surface area contributed by atoms with Crippen molar-refractivity contribution in [2.45, 2.75) is 85.7 Å². The summed E-state index contributed by atoms with van der Waals surface area (Å²) in [6, 6.07) is 0. The van der Waals surface area contributed by atoms with E-state index in [2.05, 4.69) is 52.5 Å². The molecule has 0 amide bonds. The fourth-order valence-electron chi connectivity index (χ4n) is 2.47. The van der Waals surface area contributed by atoms with E-state index in [1.54, 1.807) is 6.08 Å². The van der Waals surface area contributed by atoms with Crippen LogP contribution in [0.25, 0.3) is 0 Å². The van der Waals surface area contributed by atoms with Gasteiger partial charge in [-0.25, -0.2) is 0 Å². The van der Waals surface area contributed by atoms with Crippen LogP contribution in [0.15, 0.2) is 47.6 Å². The Morgan fingerprint density at radius 3 is 1.88 bits per heavy atom. The Kier molecular flexibility index (Phi) is 11.1.